The topological polar surface area (TPSA) is 55.2 Å². The second kappa shape index (κ2) is 6.09. The maximum Gasteiger partial charge on any atom is 0.272 e. The Kier molecular flexibility index (Phi) is 4.67. The molecule has 4 nitrogen and oxygen atoms in total. The number of rotatable bonds is 4. The van der Waals surface area contributed by atoms with Gasteiger partial charge in [0.1, 0.15) is 0 Å². The third-order valence-corrected chi connectivity index (χ3v) is 4.59. The highest BCUT2D eigenvalue weighted by molar-refractivity contribution is 9.10. The van der Waals surface area contributed by atoms with Crippen LogP contribution in [0.3, 0.4) is 0 Å². The second-order valence-corrected chi connectivity index (χ2v) is 6.35. The zero-order chi connectivity index (χ0) is 14.0. The molecule has 0 aliphatic heterocycles. The zero-order valence-electron chi connectivity index (χ0n) is 9.32. The second-order valence-electron chi connectivity index (χ2n) is 3.63. The number of hydrogen-bond acceptors (Lipinski definition) is 4. The molecule has 2 rings (SSSR count). The predicted molar refractivity (Wildman–Crippen MR) is 82.5 cm³/mol. The van der Waals surface area contributed by atoms with Gasteiger partial charge in [0.05, 0.1) is 20.7 Å². The molecule has 19 heavy (non-hydrogen) atoms. The van der Waals surface area contributed by atoms with Crippen molar-refractivity contribution in [2.75, 3.05) is 5.32 Å². The Hall–Kier alpha value is -0.820. The third kappa shape index (κ3) is 3.60. The van der Waals surface area contributed by atoms with Crippen LogP contribution in [0.15, 0.2) is 28.1 Å². The lowest BCUT2D eigenvalue weighted by Crippen LogP contribution is -2.00. The summed E-state index contributed by atoms with van der Waals surface area (Å²) in [6.45, 7) is 0.549. The van der Waals surface area contributed by atoms with Crippen molar-refractivity contribution in [3.05, 3.63) is 53.1 Å². The maximum absolute atomic E-state index is 10.7. The number of nitro benzene ring substituents is 1. The molecule has 0 saturated carbocycles. The van der Waals surface area contributed by atoms with Crippen LogP contribution in [0.2, 0.25) is 10.0 Å². The fourth-order valence-corrected chi connectivity index (χ4v) is 3.46. The molecule has 1 heterocycles. The number of halogens is 3. The van der Waals surface area contributed by atoms with Crippen molar-refractivity contribution < 1.29 is 4.92 Å². The van der Waals surface area contributed by atoms with Crippen LogP contribution in [-0.2, 0) is 6.54 Å². The Balaban J connectivity index is 2.18. The number of anilines is 1. The average Bonchev–Trinajstić information content (AvgIpc) is 2.73. The van der Waals surface area contributed by atoms with Crippen molar-refractivity contribution in [1.29, 1.82) is 0 Å². The number of non-ortho nitro benzene ring substituents is 1. The fourth-order valence-electron chi connectivity index (χ4n) is 1.46. The summed E-state index contributed by atoms with van der Waals surface area (Å²) in [5, 5.41) is 16.2. The number of thiophene rings is 1. The molecule has 8 heteroatoms. The molecule has 0 atom stereocenters. The van der Waals surface area contributed by atoms with Gasteiger partial charge in [-0.3, -0.25) is 10.1 Å². The van der Waals surface area contributed by atoms with Gasteiger partial charge in [-0.15, -0.1) is 11.3 Å². The molecule has 0 fully saturated rings. The van der Waals surface area contributed by atoms with Crippen LogP contribution >= 0.6 is 50.5 Å². The Labute approximate surface area is 131 Å². The Bertz CT molecular complexity index is 610. The van der Waals surface area contributed by atoms with Crippen LogP contribution in [0.25, 0.3) is 0 Å². The minimum absolute atomic E-state index is 0.126. The molecular weight excluding hydrogens is 375 g/mol. The molecule has 100 valence electrons. The van der Waals surface area contributed by atoms with E-state index in [1.54, 1.807) is 11.3 Å². The van der Waals surface area contributed by atoms with Crippen LogP contribution < -0.4 is 5.32 Å². The lowest BCUT2D eigenvalue weighted by Gasteiger charge is -2.09. The number of nitrogens with one attached hydrogen (secondary N) is 1. The normalized spacial score (nSPS) is 10.5. The number of hydrogen-bond donors (Lipinski definition) is 1. The van der Waals surface area contributed by atoms with Crippen molar-refractivity contribution in [3.63, 3.8) is 0 Å². The fraction of sp³-hybridized carbons (Fsp3) is 0.0909. The molecule has 1 aromatic carbocycles. The van der Waals surface area contributed by atoms with Gasteiger partial charge >= 0.3 is 0 Å². The Morgan fingerprint density at radius 1 is 1.32 bits per heavy atom. The van der Waals surface area contributed by atoms with Gasteiger partial charge in [0.25, 0.3) is 5.69 Å². The van der Waals surface area contributed by atoms with Gasteiger partial charge in [-0.25, -0.2) is 0 Å². The summed E-state index contributed by atoms with van der Waals surface area (Å²) in [5.74, 6) is 0. The quantitative estimate of drug-likeness (QED) is 0.574. The van der Waals surface area contributed by atoms with Crippen LogP contribution in [-0.4, -0.2) is 4.92 Å². The van der Waals surface area contributed by atoms with Crippen molar-refractivity contribution in [1.82, 2.24) is 0 Å². The number of nitro groups is 1. The number of benzene rings is 1. The minimum Gasteiger partial charge on any atom is -0.378 e. The monoisotopic (exact) mass is 380 g/mol. The standard InChI is InChI=1S/C11H7BrCl2N2O2S/c12-6-1-8(19-5-6)4-15-11-9(13)2-7(16(17)18)3-10(11)14/h1-3,5,15H,4H2. The van der Waals surface area contributed by atoms with Gasteiger partial charge in [0, 0.05) is 33.4 Å². The molecule has 0 unspecified atom stereocenters. The van der Waals surface area contributed by atoms with Gasteiger partial charge in [-0.1, -0.05) is 23.2 Å². The van der Waals surface area contributed by atoms with Crippen LogP contribution in [0.1, 0.15) is 4.88 Å². The van der Waals surface area contributed by atoms with E-state index >= 15 is 0 Å². The summed E-state index contributed by atoms with van der Waals surface area (Å²) >= 11 is 16.9. The molecule has 0 aliphatic rings. The van der Waals surface area contributed by atoms with Crippen molar-refractivity contribution in [2.45, 2.75) is 6.54 Å². The van der Waals surface area contributed by atoms with E-state index in [1.807, 2.05) is 11.4 Å². The summed E-state index contributed by atoms with van der Waals surface area (Å²) in [7, 11) is 0. The summed E-state index contributed by atoms with van der Waals surface area (Å²) in [4.78, 5) is 11.2. The molecule has 1 aromatic heterocycles. The van der Waals surface area contributed by atoms with Gasteiger partial charge < -0.3 is 5.32 Å². The van der Waals surface area contributed by atoms with E-state index < -0.39 is 4.92 Å². The first-order valence-corrected chi connectivity index (χ1v) is 7.50. The zero-order valence-corrected chi connectivity index (χ0v) is 13.2. The average molecular weight is 382 g/mol. The largest absolute Gasteiger partial charge is 0.378 e. The SMILES string of the molecule is O=[N+]([O-])c1cc(Cl)c(NCc2cc(Br)cs2)c(Cl)c1. The van der Waals surface area contributed by atoms with Crippen LogP contribution in [0.5, 0.6) is 0 Å². The van der Waals surface area contributed by atoms with E-state index in [-0.39, 0.29) is 15.7 Å². The Morgan fingerprint density at radius 2 is 1.95 bits per heavy atom. The first-order chi connectivity index (χ1) is 8.97. The highest BCUT2D eigenvalue weighted by Gasteiger charge is 2.14. The highest BCUT2D eigenvalue weighted by atomic mass is 79.9. The molecule has 0 spiro atoms. The van der Waals surface area contributed by atoms with E-state index in [2.05, 4.69) is 21.2 Å². The van der Waals surface area contributed by atoms with Gasteiger partial charge in [0.2, 0.25) is 0 Å². The molecule has 0 amide bonds. The summed E-state index contributed by atoms with van der Waals surface area (Å²) in [6.07, 6.45) is 0. The molecule has 1 N–H and O–H groups in total. The first-order valence-electron chi connectivity index (χ1n) is 5.07. The number of nitrogens with zero attached hydrogens (tertiary/aromatic N) is 1. The van der Waals surface area contributed by atoms with Crippen molar-refractivity contribution in [2.24, 2.45) is 0 Å². The maximum atomic E-state index is 10.7. The van der Waals surface area contributed by atoms with Crippen LogP contribution in [0, 0.1) is 10.1 Å². The van der Waals surface area contributed by atoms with Crippen LogP contribution in [0.4, 0.5) is 11.4 Å². The smallest absolute Gasteiger partial charge is 0.272 e. The third-order valence-electron chi connectivity index (χ3n) is 2.30. The predicted octanol–water partition coefficient (Wildman–Crippen LogP) is 5.34. The lowest BCUT2D eigenvalue weighted by molar-refractivity contribution is -0.384. The molecule has 0 bridgehead atoms. The van der Waals surface area contributed by atoms with Gasteiger partial charge in [-0.2, -0.15) is 0 Å². The van der Waals surface area contributed by atoms with Crippen molar-refractivity contribution >= 4 is 61.8 Å². The van der Waals surface area contributed by atoms with E-state index in [0.29, 0.717) is 12.2 Å². The van der Waals surface area contributed by atoms with Gasteiger partial charge in [0.15, 0.2) is 0 Å². The van der Waals surface area contributed by atoms with E-state index in [4.69, 9.17) is 23.2 Å². The van der Waals surface area contributed by atoms with E-state index in [1.165, 1.54) is 12.1 Å². The lowest BCUT2D eigenvalue weighted by atomic mass is 10.2. The Morgan fingerprint density at radius 3 is 2.42 bits per heavy atom. The first kappa shape index (κ1) is 14.6. The summed E-state index contributed by atoms with van der Waals surface area (Å²) in [5.41, 5.74) is 0.373. The molecule has 0 saturated heterocycles. The van der Waals surface area contributed by atoms with E-state index in [9.17, 15) is 10.1 Å². The van der Waals surface area contributed by atoms with Crippen molar-refractivity contribution in [3.8, 4) is 0 Å². The molecule has 0 aliphatic carbocycles. The molecular formula is C11H7BrCl2N2O2S. The molecule has 2 aromatic rings. The molecule has 0 radical (unpaired) electrons. The van der Waals surface area contributed by atoms with E-state index in [0.717, 1.165) is 9.35 Å². The van der Waals surface area contributed by atoms with Gasteiger partial charge in [-0.05, 0) is 22.0 Å². The summed E-state index contributed by atoms with van der Waals surface area (Å²) in [6, 6.07) is 4.53. The summed E-state index contributed by atoms with van der Waals surface area (Å²) < 4.78 is 1.01. The highest BCUT2D eigenvalue weighted by Crippen LogP contribution is 2.35. The minimum atomic E-state index is -0.530.